The van der Waals surface area contributed by atoms with Gasteiger partial charge in [0, 0.05) is 5.69 Å². The van der Waals surface area contributed by atoms with Crippen molar-refractivity contribution in [2.75, 3.05) is 18.5 Å². The van der Waals surface area contributed by atoms with Crippen molar-refractivity contribution in [1.29, 1.82) is 5.26 Å². The van der Waals surface area contributed by atoms with Gasteiger partial charge in [-0.2, -0.15) is 18.4 Å². The summed E-state index contributed by atoms with van der Waals surface area (Å²) < 4.78 is 49.1. The summed E-state index contributed by atoms with van der Waals surface area (Å²) in [7, 11) is 0. The molecule has 0 atom stereocenters. The number of nitrogens with one attached hydrogen (secondary N) is 1. The first kappa shape index (κ1) is 18.3. The molecule has 1 heterocycles. The first-order valence-electron chi connectivity index (χ1n) is 7.87. The molecule has 138 valence electrons. The van der Waals surface area contributed by atoms with E-state index in [1.165, 1.54) is 18.2 Å². The molecule has 5 nitrogen and oxygen atoms in total. The number of fused-ring (bicyclic) bond motifs is 1. The number of alkyl halides is 3. The molecule has 2 aromatic carbocycles. The summed E-state index contributed by atoms with van der Waals surface area (Å²) in [5.74, 6) is 0.239. The molecular weight excluding hydrogens is 361 g/mol. The summed E-state index contributed by atoms with van der Waals surface area (Å²) >= 11 is 0. The second-order valence-corrected chi connectivity index (χ2v) is 5.61. The zero-order valence-corrected chi connectivity index (χ0v) is 13.8. The average molecular weight is 374 g/mol. The quantitative estimate of drug-likeness (QED) is 0.651. The molecule has 0 saturated carbocycles. The Hall–Kier alpha value is -3.47. The highest BCUT2D eigenvalue weighted by molar-refractivity contribution is 6.09. The lowest BCUT2D eigenvalue weighted by Gasteiger charge is -2.18. The molecule has 0 unspecified atom stereocenters. The first-order valence-corrected chi connectivity index (χ1v) is 7.87. The highest BCUT2D eigenvalue weighted by atomic mass is 19.4. The van der Waals surface area contributed by atoms with Crippen LogP contribution in [0.15, 0.2) is 48.0 Å². The SMILES string of the molecule is N#C/C(=C/c1ccc2c(c1)OCCO2)C(=O)Nc1cccc(C(F)(F)F)c1. The number of hydrogen-bond acceptors (Lipinski definition) is 4. The zero-order chi connectivity index (χ0) is 19.4. The van der Waals surface area contributed by atoms with Crippen molar-refractivity contribution in [3.63, 3.8) is 0 Å². The molecule has 0 aliphatic carbocycles. The topological polar surface area (TPSA) is 71.3 Å². The number of benzene rings is 2. The lowest BCUT2D eigenvalue weighted by molar-refractivity contribution is -0.137. The van der Waals surface area contributed by atoms with Gasteiger partial charge >= 0.3 is 6.18 Å². The van der Waals surface area contributed by atoms with Crippen LogP contribution in [0.5, 0.6) is 11.5 Å². The molecule has 8 heteroatoms. The number of rotatable bonds is 3. The zero-order valence-electron chi connectivity index (χ0n) is 13.8. The van der Waals surface area contributed by atoms with E-state index in [2.05, 4.69) is 5.32 Å². The number of anilines is 1. The van der Waals surface area contributed by atoms with Gasteiger partial charge in [0.25, 0.3) is 5.91 Å². The van der Waals surface area contributed by atoms with Crippen LogP contribution >= 0.6 is 0 Å². The molecule has 0 radical (unpaired) electrons. The Morgan fingerprint density at radius 1 is 1.11 bits per heavy atom. The lowest BCUT2D eigenvalue weighted by Crippen LogP contribution is -2.15. The number of carbonyl (C=O) groups excluding carboxylic acids is 1. The molecule has 0 fully saturated rings. The van der Waals surface area contributed by atoms with Crippen molar-refractivity contribution in [2.24, 2.45) is 0 Å². The second kappa shape index (κ2) is 7.41. The number of amides is 1. The van der Waals surface area contributed by atoms with Crippen LogP contribution in [0.4, 0.5) is 18.9 Å². The predicted molar refractivity (Wildman–Crippen MR) is 91.1 cm³/mol. The van der Waals surface area contributed by atoms with Gasteiger partial charge in [-0.3, -0.25) is 4.79 Å². The van der Waals surface area contributed by atoms with E-state index >= 15 is 0 Å². The monoisotopic (exact) mass is 374 g/mol. The Labute approximate surface area is 152 Å². The van der Waals surface area contributed by atoms with Crippen LogP contribution in [-0.4, -0.2) is 19.1 Å². The van der Waals surface area contributed by atoms with Crippen LogP contribution in [0.25, 0.3) is 6.08 Å². The third kappa shape index (κ3) is 4.39. The molecule has 0 bridgehead atoms. The number of carbonyl (C=O) groups is 1. The molecule has 2 aromatic rings. The highest BCUT2D eigenvalue weighted by Crippen LogP contribution is 2.32. The van der Waals surface area contributed by atoms with Crippen LogP contribution in [0.2, 0.25) is 0 Å². The molecule has 3 rings (SSSR count). The fraction of sp³-hybridized carbons (Fsp3) is 0.158. The molecule has 1 amide bonds. The van der Waals surface area contributed by atoms with E-state index in [0.717, 1.165) is 12.1 Å². The van der Waals surface area contributed by atoms with E-state index in [-0.39, 0.29) is 11.3 Å². The summed E-state index contributed by atoms with van der Waals surface area (Å²) in [6, 6.07) is 10.8. The molecular formula is C19H13F3N2O3. The van der Waals surface area contributed by atoms with E-state index in [1.54, 1.807) is 24.3 Å². The molecule has 1 N–H and O–H groups in total. The highest BCUT2D eigenvalue weighted by Gasteiger charge is 2.30. The van der Waals surface area contributed by atoms with Gasteiger partial charge in [-0.25, -0.2) is 0 Å². The van der Waals surface area contributed by atoms with Crippen LogP contribution in [0.3, 0.4) is 0 Å². The number of halogens is 3. The fourth-order valence-corrected chi connectivity index (χ4v) is 2.44. The number of nitriles is 1. The minimum absolute atomic E-state index is 0.0573. The predicted octanol–water partition coefficient (Wildman–Crippen LogP) is 4.02. The minimum atomic E-state index is -4.53. The fourth-order valence-electron chi connectivity index (χ4n) is 2.44. The minimum Gasteiger partial charge on any atom is -0.486 e. The van der Waals surface area contributed by atoms with Crippen molar-refractivity contribution in [3.8, 4) is 17.6 Å². The smallest absolute Gasteiger partial charge is 0.416 e. The summed E-state index contributed by atoms with van der Waals surface area (Å²) in [4.78, 5) is 12.3. The van der Waals surface area contributed by atoms with E-state index in [1.807, 2.05) is 0 Å². The normalized spacial score (nSPS) is 13.6. The second-order valence-electron chi connectivity index (χ2n) is 5.61. The molecule has 27 heavy (non-hydrogen) atoms. The van der Waals surface area contributed by atoms with Crippen molar-refractivity contribution in [2.45, 2.75) is 6.18 Å². The van der Waals surface area contributed by atoms with E-state index in [0.29, 0.717) is 30.3 Å². The van der Waals surface area contributed by atoms with E-state index in [4.69, 9.17) is 9.47 Å². The molecule has 1 aliphatic heterocycles. The Morgan fingerprint density at radius 2 is 1.85 bits per heavy atom. The van der Waals surface area contributed by atoms with Crippen LogP contribution in [0.1, 0.15) is 11.1 Å². The van der Waals surface area contributed by atoms with Crippen molar-refractivity contribution in [3.05, 3.63) is 59.2 Å². The average Bonchev–Trinajstić information content (AvgIpc) is 2.65. The van der Waals surface area contributed by atoms with E-state index in [9.17, 15) is 23.2 Å². The van der Waals surface area contributed by atoms with Crippen molar-refractivity contribution in [1.82, 2.24) is 0 Å². The molecule has 1 aliphatic rings. The van der Waals surface area contributed by atoms with E-state index < -0.39 is 17.6 Å². The van der Waals surface area contributed by atoms with Gasteiger partial charge in [0.2, 0.25) is 0 Å². The van der Waals surface area contributed by atoms with Gasteiger partial charge in [-0.15, -0.1) is 0 Å². The number of ether oxygens (including phenoxy) is 2. The van der Waals surface area contributed by atoms with Gasteiger partial charge in [0.1, 0.15) is 24.9 Å². The molecule has 0 saturated heterocycles. The van der Waals surface area contributed by atoms with Gasteiger partial charge in [-0.05, 0) is 42.0 Å². The Balaban J connectivity index is 1.81. The number of nitrogens with zero attached hydrogens (tertiary/aromatic N) is 1. The third-order valence-electron chi connectivity index (χ3n) is 3.69. The summed E-state index contributed by atoms with van der Waals surface area (Å²) in [5.41, 5.74) is -0.688. The Kier molecular flexibility index (Phi) is 5.03. The van der Waals surface area contributed by atoms with Gasteiger partial charge in [-0.1, -0.05) is 12.1 Å². The number of hydrogen-bond donors (Lipinski definition) is 1. The summed E-state index contributed by atoms with van der Waals surface area (Å²) in [6.07, 6.45) is -3.21. The third-order valence-corrected chi connectivity index (χ3v) is 3.69. The largest absolute Gasteiger partial charge is 0.486 e. The van der Waals surface area contributed by atoms with Crippen LogP contribution in [0, 0.1) is 11.3 Å². The van der Waals surface area contributed by atoms with Gasteiger partial charge < -0.3 is 14.8 Å². The molecule has 0 spiro atoms. The maximum Gasteiger partial charge on any atom is 0.416 e. The van der Waals surface area contributed by atoms with Gasteiger partial charge in [0.15, 0.2) is 11.5 Å². The Bertz CT molecular complexity index is 946. The van der Waals surface area contributed by atoms with Crippen LogP contribution in [-0.2, 0) is 11.0 Å². The van der Waals surface area contributed by atoms with Crippen molar-refractivity contribution >= 4 is 17.7 Å². The maximum atomic E-state index is 12.8. The summed E-state index contributed by atoms with van der Waals surface area (Å²) in [6.45, 7) is 0.826. The molecule has 0 aromatic heterocycles. The van der Waals surface area contributed by atoms with Crippen molar-refractivity contribution < 1.29 is 27.4 Å². The van der Waals surface area contributed by atoms with Gasteiger partial charge in [0.05, 0.1) is 5.56 Å². The lowest BCUT2D eigenvalue weighted by atomic mass is 10.1. The van der Waals surface area contributed by atoms with Crippen LogP contribution < -0.4 is 14.8 Å². The Morgan fingerprint density at radius 3 is 2.56 bits per heavy atom. The first-order chi connectivity index (χ1) is 12.9. The standard InChI is InChI=1S/C19H13F3N2O3/c20-19(21,22)14-2-1-3-15(10-14)24-18(25)13(11-23)8-12-4-5-16-17(9-12)27-7-6-26-16/h1-5,8-10H,6-7H2,(H,24,25)/b13-8-. The summed E-state index contributed by atoms with van der Waals surface area (Å²) in [5, 5.41) is 11.5. The maximum absolute atomic E-state index is 12.8.